The SMILES string of the molecule is CC(N(C)CC(N)c1cccc(F)c1)C(C)(C)C. The Hall–Kier alpha value is -0.930. The zero-order valence-corrected chi connectivity index (χ0v) is 12.1. The molecule has 0 amide bonds. The van der Waals surface area contributed by atoms with E-state index in [9.17, 15) is 4.39 Å². The highest BCUT2D eigenvalue weighted by Gasteiger charge is 2.25. The van der Waals surface area contributed by atoms with Crippen molar-refractivity contribution in [3.63, 3.8) is 0 Å². The summed E-state index contributed by atoms with van der Waals surface area (Å²) in [5.74, 6) is -0.227. The van der Waals surface area contributed by atoms with Crippen molar-refractivity contribution in [2.24, 2.45) is 11.1 Å². The predicted octanol–water partition coefficient (Wildman–Crippen LogP) is 3.19. The van der Waals surface area contributed by atoms with Crippen LogP contribution in [-0.4, -0.2) is 24.5 Å². The van der Waals surface area contributed by atoms with Crippen molar-refractivity contribution in [2.45, 2.75) is 39.8 Å². The van der Waals surface area contributed by atoms with Crippen LogP contribution in [0.5, 0.6) is 0 Å². The minimum atomic E-state index is -0.227. The maximum absolute atomic E-state index is 13.1. The summed E-state index contributed by atoms with van der Waals surface area (Å²) in [6, 6.07) is 6.80. The van der Waals surface area contributed by atoms with Gasteiger partial charge in [0.25, 0.3) is 0 Å². The summed E-state index contributed by atoms with van der Waals surface area (Å²) in [7, 11) is 2.06. The summed E-state index contributed by atoms with van der Waals surface area (Å²) in [6.45, 7) is 9.55. The van der Waals surface area contributed by atoms with E-state index in [0.29, 0.717) is 6.04 Å². The van der Waals surface area contributed by atoms with Crippen molar-refractivity contribution in [3.8, 4) is 0 Å². The van der Waals surface area contributed by atoms with Crippen LogP contribution in [0.2, 0.25) is 0 Å². The summed E-state index contributed by atoms with van der Waals surface area (Å²) in [6.07, 6.45) is 0. The summed E-state index contributed by atoms with van der Waals surface area (Å²) in [4.78, 5) is 2.23. The van der Waals surface area contributed by atoms with Crippen LogP contribution >= 0.6 is 0 Å². The van der Waals surface area contributed by atoms with E-state index in [0.717, 1.165) is 12.1 Å². The molecule has 3 heteroatoms. The van der Waals surface area contributed by atoms with Gasteiger partial charge in [-0.2, -0.15) is 0 Å². The second kappa shape index (κ2) is 5.81. The molecule has 2 nitrogen and oxygen atoms in total. The van der Waals surface area contributed by atoms with Crippen molar-refractivity contribution < 1.29 is 4.39 Å². The molecule has 2 N–H and O–H groups in total. The quantitative estimate of drug-likeness (QED) is 0.891. The van der Waals surface area contributed by atoms with Crippen molar-refractivity contribution >= 4 is 0 Å². The van der Waals surface area contributed by atoms with Crippen LogP contribution in [0.25, 0.3) is 0 Å². The number of likely N-dealkylation sites (N-methyl/N-ethyl adjacent to an activating group) is 1. The Bertz CT molecular complexity index is 384. The lowest BCUT2D eigenvalue weighted by Crippen LogP contribution is -2.42. The normalized spacial score (nSPS) is 15.8. The van der Waals surface area contributed by atoms with Crippen LogP contribution in [0.1, 0.15) is 39.3 Å². The van der Waals surface area contributed by atoms with Gasteiger partial charge in [0.05, 0.1) is 0 Å². The molecule has 18 heavy (non-hydrogen) atoms. The zero-order chi connectivity index (χ0) is 13.9. The minimum Gasteiger partial charge on any atom is -0.323 e. The van der Waals surface area contributed by atoms with E-state index >= 15 is 0 Å². The summed E-state index contributed by atoms with van der Waals surface area (Å²) in [5, 5.41) is 0. The number of halogens is 1. The van der Waals surface area contributed by atoms with Gasteiger partial charge < -0.3 is 10.6 Å². The zero-order valence-electron chi connectivity index (χ0n) is 12.1. The molecule has 2 unspecified atom stereocenters. The van der Waals surface area contributed by atoms with Gasteiger partial charge >= 0.3 is 0 Å². The average molecular weight is 252 g/mol. The molecule has 0 spiro atoms. The molecule has 1 aromatic rings. The van der Waals surface area contributed by atoms with Gasteiger partial charge in [-0.3, -0.25) is 0 Å². The Morgan fingerprint density at radius 2 is 1.94 bits per heavy atom. The van der Waals surface area contributed by atoms with E-state index in [1.54, 1.807) is 6.07 Å². The van der Waals surface area contributed by atoms with Gasteiger partial charge in [-0.25, -0.2) is 4.39 Å². The van der Waals surface area contributed by atoms with Gasteiger partial charge in [0, 0.05) is 18.6 Å². The topological polar surface area (TPSA) is 29.3 Å². The van der Waals surface area contributed by atoms with Crippen LogP contribution in [0, 0.1) is 11.2 Å². The lowest BCUT2D eigenvalue weighted by atomic mass is 9.87. The van der Waals surface area contributed by atoms with Crippen LogP contribution in [-0.2, 0) is 0 Å². The molecule has 0 aromatic heterocycles. The Balaban J connectivity index is 2.68. The van der Waals surface area contributed by atoms with Crippen molar-refractivity contribution in [2.75, 3.05) is 13.6 Å². The minimum absolute atomic E-state index is 0.157. The Kier molecular flexibility index (Phi) is 4.88. The fourth-order valence-corrected chi connectivity index (χ4v) is 1.97. The number of rotatable bonds is 4. The highest BCUT2D eigenvalue weighted by molar-refractivity contribution is 5.20. The molecule has 0 saturated carbocycles. The van der Waals surface area contributed by atoms with Crippen LogP contribution < -0.4 is 5.73 Å². The highest BCUT2D eigenvalue weighted by atomic mass is 19.1. The van der Waals surface area contributed by atoms with Gasteiger partial charge in [-0.15, -0.1) is 0 Å². The van der Waals surface area contributed by atoms with Gasteiger partial charge in [-0.1, -0.05) is 32.9 Å². The molecular weight excluding hydrogens is 227 g/mol. The largest absolute Gasteiger partial charge is 0.323 e. The smallest absolute Gasteiger partial charge is 0.123 e. The summed E-state index contributed by atoms with van der Waals surface area (Å²) < 4.78 is 13.1. The van der Waals surface area contributed by atoms with Gasteiger partial charge in [0.2, 0.25) is 0 Å². The first-order chi connectivity index (χ1) is 8.21. The molecule has 102 valence electrons. The molecule has 0 aliphatic rings. The van der Waals surface area contributed by atoms with E-state index in [4.69, 9.17) is 5.73 Å². The maximum atomic E-state index is 13.1. The third kappa shape index (κ3) is 4.07. The van der Waals surface area contributed by atoms with Crippen LogP contribution in [0.15, 0.2) is 24.3 Å². The first-order valence-electron chi connectivity index (χ1n) is 6.43. The van der Waals surface area contributed by atoms with Crippen molar-refractivity contribution in [1.82, 2.24) is 4.90 Å². The molecule has 0 aliphatic carbocycles. The van der Waals surface area contributed by atoms with Gasteiger partial charge in [0.1, 0.15) is 5.82 Å². The number of hydrogen-bond acceptors (Lipinski definition) is 2. The van der Waals surface area contributed by atoms with Gasteiger partial charge in [-0.05, 0) is 37.1 Å². The molecule has 0 fully saturated rings. The number of benzene rings is 1. The van der Waals surface area contributed by atoms with Gasteiger partial charge in [0.15, 0.2) is 0 Å². The third-order valence-corrected chi connectivity index (χ3v) is 3.68. The molecule has 2 atom stereocenters. The molecule has 0 saturated heterocycles. The molecule has 0 bridgehead atoms. The molecule has 0 heterocycles. The average Bonchev–Trinajstić information content (AvgIpc) is 2.26. The number of nitrogens with two attached hydrogens (primary N) is 1. The van der Waals surface area contributed by atoms with E-state index in [-0.39, 0.29) is 17.3 Å². The van der Waals surface area contributed by atoms with Crippen LogP contribution in [0.3, 0.4) is 0 Å². The van der Waals surface area contributed by atoms with Crippen molar-refractivity contribution in [1.29, 1.82) is 0 Å². The van der Waals surface area contributed by atoms with Crippen LogP contribution in [0.4, 0.5) is 4.39 Å². The monoisotopic (exact) mass is 252 g/mol. The van der Waals surface area contributed by atoms with E-state index in [1.165, 1.54) is 12.1 Å². The molecular formula is C15H25FN2. The van der Waals surface area contributed by atoms with E-state index in [2.05, 4.69) is 39.6 Å². The lowest BCUT2D eigenvalue weighted by molar-refractivity contribution is 0.134. The summed E-state index contributed by atoms with van der Waals surface area (Å²) in [5.41, 5.74) is 7.19. The number of nitrogens with zero attached hydrogens (tertiary/aromatic N) is 1. The van der Waals surface area contributed by atoms with Crippen molar-refractivity contribution in [3.05, 3.63) is 35.6 Å². The Morgan fingerprint density at radius 3 is 2.44 bits per heavy atom. The Labute approximate surface area is 110 Å². The molecule has 1 rings (SSSR count). The molecule has 1 aromatic carbocycles. The molecule has 0 radical (unpaired) electrons. The fraction of sp³-hybridized carbons (Fsp3) is 0.600. The Morgan fingerprint density at radius 1 is 1.33 bits per heavy atom. The lowest BCUT2D eigenvalue weighted by Gasteiger charge is -2.36. The predicted molar refractivity (Wildman–Crippen MR) is 74.9 cm³/mol. The highest BCUT2D eigenvalue weighted by Crippen LogP contribution is 2.24. The number of hydrogen-bond donors (Lipinski definition) is 1. The first-order valence-corrected chi connectivity index (χ1v) is 6.43. The third-order valence-electron chi connectivity index (χ3n) is 3.68. The standard InChI is InChI=1S/C15H25FN2/c1-11(15(2,3)4)18(5)10-14(17)12-7-6-8-13(16)9-12/h6-9,11,14H,10,17H2,1-5H3. The first kappa shape index (κ1) is 15.1. The second-order valence-corrected chi connectivity index (χ2v) is 6.14. The second-order valence-electron chi connectivity index (χ2n) is 6.14. The maximum Gasteiger partial charge on any atom is 0.123 e. The fourth-order valence-electron chi connectivity index (χ4n) is 1.97. The van der Waals surface area contributed by atoms with E-state index in [1.807, 2.05) is 6.07 Å². The molecule has 0 aliphatic heterocycles. The van der Waals surface area contributed by atoms with E-state index < -0.39 is 0 Å². The summed E-state index contributed by atoms with van der Waals surface area (Å²) >= 11 is 0.